The van der Waals surface area contributed by atoms with Gasteiger partial charge in [-0.2, -0.15) is 0 Å². The molecule has 4 unspecified atom stereocenters. The van der Waals surface area contributed by atoms with Crippen LogP contribution in [0.25, 0.3) is 0 Å². The second-order valence-corrected chi connectivity index (χ2v) is 8.65. The van der Waals surface area contributed by atoms with Gasteiger partial charge in [-0.1, -0.05) is 24.3 Å². The third kappa shape index (κ3) is 9.94. The minimum absolute atomic E-state index is 0.0319. The monoisotopic (exact) mass is 546 g/mol. The Labute approximate surface area is 222 Å². The second-order valence-electron chi connectivity index (χ2n) is 8.65. The fourth-order valence-electron chi connectivity index (χ4n) is 3.44. The van der Waals surface area contributed by atoms with E-state index in [1.54, 1.807) is 0 Å². The number of hydrogen-bond acceptors (Lipinski definition) is 9. The van der Waals surface area contributed by atoms with E-state index in [4.69, 9.17) is 10.8 Å². The Bertz CT molecular complexity index is 1170. The number of amides is 3. The first-order chi connectivity index (χ1) is 18.4. The number of rotatable bonds is 14. The average molecular weight is 547 g/mol. The zero-order chi connectivity index (χ0) is 29.1. The highest BCUT2D eigenvalue weighted by Crippen LogP contribution is 2.13. The number of carboxylic acid groups (broad SMARTS) is 2. The Balaban J connectivity index is 2.16. The van der Waals surface area contributed by atoms with Gasteiger partial charge in [0, 0.05) is 12.8 Å². The Morgan fingerprint density at radius 3 is 1.51 bits per heavy atom. The quantitative estimate of drug-likeness (QED) is 0.128. The standard InChI is InChI=1S/C25H30N4O10/c26-17(11-21(33)34)22(35)27-18(9-13-1-5-15(31)6-2-13)23(36)29-20(12-30)24(37)28-19(25(38)39)10-14-3-7-16(32)8-4-14/h1-8,17-20,30-32H,9-12,26H2,(H,27,35)(H,28,37)(H,29,36)(H,33,34)(H,38,39). The van der Waals surface area contributed by atoms with Crippen LogP contribution in [0.2, 0.25) is 0 Å². The number of aliphatic carboxylic acids is 2. The van der Waals surface area contributed by atoms with Gasteiger partial charge in [0.25, 0.3) is 0 Å². The Hall–Kier alpha value is -4.69. The summed E-state index contributed by atoms with van der Waals surface area (Å²) in [5.41, 5.74) is 6.54. The molecular weight excluding hydrogens is 516 g/mol. The molecule has 0 fully saturated rings. The fourth-order valence-corrected chi connectivity index (χ4v) is 3.44. The Morgan fingerprint density at radius 1 is 0.667 bits per heavy atom. The van der Waals surface area contributed by atoms with E-state index >= 15 is 0 Å². The second kappa shape index (κ2) is 14.3. The maximum absolute atomic E-state index is 13.0. The first kappa shape index (κ1) is 30.5. The van der Waals surface area contributed by atoms with Gasteiger partial charge < -0.3 is 47.2 Å². The SMILES string of the molecule is NC(CC(=O)O)C(=O)NC(Cc1ccc(O)cc1)C(=O)NC(CO)C(=O)NC(Cc1ccc(O)cc1)C(=O)O. The van der Waals surface area contributed by atoms with Crippen LogP contribution < -0.4 is 21.7 Å². The molecular formula is C25H30N4O10. The van der Waals surface area contributed by atoms with Crippen molar-refractivity contribution in [2.24, 2.45) is 5.73 Å². The van der Waals surface area contributed by atoms with Crippen molar-refractivity contribution in [1.29, 1.82) is 0 Å². The van der Waals surface area contributed by atoms with Crippen molar-refractivity contribution in [2.75, 3.05) is 6.61 Å². The molecule has 0 radical (unpaired) electrons. The average Bonchev–Trinajstić information content (AvgIpc) is 2.88. The first-order valence-corrected chi connectivity index (χ1v) is 11.7. The molecule has 0 saturated heterocycles. The van der Waals surface area contributed by atoms with Gasteiger partial charge in [-0.3, -0.25) is 19.2 Å². The summed E-state index contributed by atoms with van der Waals surface area (Å²) in [4.78, 5) is 60.8. The van der Waals surface area contributed by atoms with Gasteiger partial charge in [0.15, 0.2) is 0 Å². The number of aromatic hydroxyl groups is 2. The fraction of sp³-hybridized carbons (Fsp3) is 0.320. The van der Waals surface area contributed by atoms with Crippen LogP contribution in [0.15, 0.2) is 48.5 Å². The number of phenolic OH excluding ortho intramolecular Hbond substituents is 2. The van der Waals surface area contributed by atoms with Gasteiger partial charge in [0.05, 0.1) is 19.1 Å². The lowest BCUT2D eigenvalue weighted by Crippen LogP contribution is -2.58. The molecule has 0 aromatic heterocycles. The number of benzene rings is 2. The molecule has 0 aliphatic heterocycles. The van der Waals surface area contributed by atoms with Crippen LogP contribution in [0.4, 0.5) is 0 Å². The molecule has 210 valence electrons. The van der Waals surface area contributed by atoms with Crippen LogP contribution in [0.5, 0.6) is 11.5 Å². The number of nitrogens with one attached hydrogen (secondary N) is 3. The van der Waals surface area contributed by atoms with Gasteiger partial charge in [-0.15, -0.1) is 0 Å². The molecule has 0 saturated carbocycles. The van der Waals surface area contributed by atoms with Crippen LogP contribution in [-0.2, 0) is 36.8 Å². The molecule has 2 aromatic carbocycles. The van der Waals surface area contributed by atoms with Crippen molar-refractivity contribution in [3.63, 3.8) is 0 Å². The van der Waals surface area contributed by atoms with E-state index in [1.807, 2.05) is 0 Å². The molecule has 0 aliphatic rings. The van der Waals surface area contributed by atoms with Crippen molar-refractivity contribution in [3.8, 4) is 11.5 Å². The number of aliphatic hydroxyl groups is 1. The molecule has 3 amide bonds. The maximum atomic E-state index is 13.0. The number of phenols is 2. The van der Waals surface area contributed by atoms with E-state index in [-0.39, 0.29) is 24.3 Å². The van der Waals surface area contributed by atoms with Gasteiger partial charge in [0.1, 0.15) is 29.6 Å². The van der Waals surface area contributed by atoms with E-state index in [9.17, 15) is 44.4 Å². The van der Waals surface area contributed by atoms with Crippen LogP contribution in [-0.4, -0.2) is 86.0 Å². The number of aliphatic hydroxyl groups excluding tert-OH is 1. The molecule has 2 rings (SSSR count). The lowest BCUT2D eigenvalue weighted by molar-refractivity contribution is -0.142. The van der Waals surface area contributed by atoms with Gasteiger partial charge in [-0.25, -0.2) is 4.79 Å². The predicted octanol–water partition coefficient (Wildman–Crippen LogP) is -1.78. The maximum Gasteiger partial charge on any atom is 0.326 e. The summed E-state index contributed by atoms with van der Waals surface area (Å²) in [5, 5.41) is 53.8. The molecule has 4 atom stereocenters. The third-order valence-corrected chi connectivity index (χ3v) is 5.55. The van der Waals surface area contributed by atoms with E-state index in [0.29, 0.717) is 11.1 Å². The van der Waals surface area contributed by atoms with E-state index in [0.717, 1.165) is 0 Å². The number of carboxylic acids is 2. The van der Waals surface area contributed by atoms with Crippen LogP contribution >= 0.6 is 0 Å². The number of carbonyl (C=O) groups is 5. The zero-order valence-corrected chi connectivity index (χ0v) is 20.6. The lowest BCUT2D eigenvalue weighted by atomic mass is 10.0. The highest BCUT2D eigenvalue weighted by Gasteiger charge is 2.30. The Kier molecular flexibility index (Phi) is 11.2. The highest BCUT2D eigenvalue weighted by molar-refractivity contribution is 5.95. The summed E-state index contributed by atoms with van der Waals surface area (Å²) in [5.74, 6) is -5.73. The van der Waals surface area contributed by atoms with Crippen molar-refractivity contribution in [2.45, 2.75) is 43.4 Å². The summed E-state index contributed by atoms with van der Waals surface area (Å²) in [6, 6.07) is 5.34. The predicted molar refractivity (Wildman–Crippen MR) is 134 cm³/mol. The largest absolute Gasteiger partial charge is 0.508 e. The molecule has 0 heterocycles. The summed E-state index contributed by atoms with van der Waals surface area (Å²) in [6.45, 7) is -0.915. The number of nitrogens with two attached hydrogens (primary N) is 1. The summed E-state index contributed by atoms with van der Waals surface area (Å²) >= 11 is 0. The molecule has 0 bridgehead atoms. The first-order valence-electron chi connectivity index (χ1n) is 11.7. The van der Waals surface area contributed by atoms with E-state index in [1.165, 1.54) is 48.5 Å². The topological polar surface area (TPSA) is 249 Å². The third-order valence-electron chi connectivity index (χ3n) is 5.55. The zero-order valence-electron chi connectivity index (χ0n) is 20.6. The van der Waals surface area contributed by atoms with E-state index < -0.39 is 66.9 Å². The molecule has 0 spiro atoms. The van der Waals surface area contributed by atoms with Crippen LogP contribution in [0, 0.1) is 0 Å². The highest BCUT2D eigenvalue weighted by atomic mass is 16.4. The smallest absolute Gasteiger partial charge is 0.326 e. The lowest BCUT2D eigenvalue weighted by Gasteiger charge is -2.24. The Morgan fingerprint density at radius 2 is 1.08 bits per heavy atom. The minimum atomic E-state index is -1.61. The number of hydrogen-bond donors (Lipinski definition) is 9. The number of carbonyl (C=O) groups excluding carboxylic acids is 3. The summed E-state index contributed by atoms with van der Waals surface area (Å²) in [6.07, 6.45) is -1.02. The van der Waals surface area contributed by atoms with Crippen molar-refractivity contribution >= 4 is 29.7 Å². The summed E-state index contributed by atoms with van der Waals surface area (Å²) in [7, 11) is 0. The van der Waals surface area contributed by atoms with Gasteiger partial charge >= 0.3 is 11.9 Å². The minimum Gasteiger partial charge on any atom is -0.508 e. The van der Waals surface area contributed by atoms with Crippen LogP contribution in [0.1, 0.15) is 17.5 Å². The van der Waals surface area contributed by atoms with Crippen molar-refractivity contribution in [1.82, 2.24) is 16.0 Å². The van der Waals surface area contributed by atoms with Crippen molar-refractivity contribution in [3.05, 3.63) is 59.7 Å². The van der Waals surface area contributed by atoms with E-state index in [2.05, 4.69) is 16.0 Å². The molecule has 14 heteroatoms. The molecule has 10 N–H and O–H groups in total. The molecule has 14 nitrogen and oxygen atoms in total. The summed E-state index contributed by atoms with van der Waals surface area (Å²) < 4.78 is 0. The van der Waals surface area contributed by atoms with Crippen molar-refractivity contribution < 1.29 is 49.5 Å². The van der Waals surface area contributed by atoms with Gasteiger partial charge in [-0.05, 0) is 35.4 Å². The van der Waals surface area contributed by atoms with Gasteiger partial charge in [0.2, 0.25) is 17.7 Å². The molecule has 0 aliphatic carbocycles. The van der Waals surface area contributed by atoms with Crippen LogP contribution in [0.3, 0.4) is 0 Å². The normalized spacial score (nSPS) is 13.8. The molecule has 39 heavy (non-hydrogen) atoms. The molecule has 2 aromatic rings.